The third-order valence-electron chi connectivity index (χ3n) is 3.21. The van der Waals surface area contributed by atoms with E-state index in [2.05, 4.69) is 6.92 Å². The van der Waals surface area contributed by atoms with E-state index in [0.29, 0.717) is 23.8 Å². The van der Waals surface area contributed by atoms with Crippen LogP contribution >= 0.6 is 0 Å². The van der Waals surface area contributed by atoms with Gasteiger partial charge in [-0.15, -0.1) is 0 Å². The summed E-state index contributed by atoms with van der Waals surface area (Å²) in [4.78, 5) is 13.7. The molecule has 0 aromatic carbocycles. The molecule has 2 aliphatic rings. The van der Waals surface area contributed by atoms with Crippen molar-refractivity contribution < 1.29 is 4.79 Å². The van der Waals surface area contributed by atoms with Gasteiger partial charge in [-0.2, -0.15) is 0 Å². The molecule has 1 saturated carbocycles. The zero-order chi connectivity index (χ0) is 9.42. The molecule has 1 aliphatic heterocycles. The first-order chi connectivity index (χ1) is 6.18. The lowest BCUT2D eigenvalue weighted by molar-refractivity contribution is -0.134. The molecule has 3 heteroatoms. The van der Waals surface area contributed by atoms with Crippen LogP contribution in [0, 0.1) is 11.8 Å². The van der Waals surface area contributed by atoms with Gasteiger partial charge in [0.25, 0.3) is 0 Å². The van der Waals surface area contributed by atoms with Crippen molar-refractivity contribution in [1.82, 2.24) is 4.90 Å². The van der Waals surface area contributed by atoms with Crippen molar-refractivity contribution in [2.24, 2.45) is 17.6 Å². The van der Waals surface area contributed by atoms with Crippen molar-refractivity contribution in [1.29, 1.82) is 0 Å². The first-order valence-corrected chi connectivity index (χ1v) is 5.23. The molecular weight excluding hydrogens is 164 g/mol. The van der Waals surface area contributed by atoms with Crippen molar-refractivity contribution in [2.75, 3.05) is 13.1 Å². The van der Waals surface area contributed by atoms with E-state index in [1.807, 2.05) is 4.90 Å². The summed E-state index contributed by atoms with van der Waals surface area (Å²) in [6, 6.07) is 0.295. The van der Waals surface area contributed by atoms with Crippen LogP contribution < -0.4 is 5.73 Å². The Hall–Kier alpha value is -0.570. The van der Waals surface area contributed by atoms with Crippen LogP contribution in [-0.4, -0.2) is 29.9 Å². The Balaban J connectivity index is 1.90. The topological polar surface area (TPSA) is 46.3 Å². The molecule has 2 fully saturated rings. The number of nitrogens with zero attached hydrogens (tertiary/aromatic N) is 1. The third-order valence-corrected chi connectivity index (χ3v) is 3.21. The molecule has 0 bridgehead atoms. The second-order valence-corrected chi connectivity index (χ2v) is 4.49. The van der Waals surface area contributed by atoms with Crippen LogP contribution in [0.3, 0.4) is 0 Å². The van der Waals surface area contributed by atoms with E-state index in [9.17, 15) is 4.79 Å². The van der Waals surface area contributed by atoms with Gasteiger partial charge in [-0.3, -0.25) is 4.79 Å². The Bertz CT molecular complexity index is 213. The normalized spacial score (nSPS) is 34.8. The predicted molar refractivity (Wildman–Crippen MR) is 51.1 cm³/mol. The van der Waals surface area contributed by atoms with Gasteiger partial charge >= 0.3 is 0 Å². The fourth-order valence-electron chi connectivity index (χ4n) is 1.95. The molecule has 2 N–H and O–H groups in total. The van der Waals surface area contributed by atoms with Gasteiger partial charge in [0, 0.05) is 25.0 Å². The zero-order valence-corrected chi connectivity index (χ0v) is 8.20. The van der Waals surface area contributed by atoms with E-state index in [-0.39, 0.29) is 0 Å². The minimum atomic E-state index is 0.295. The van der Waals surface area contributed by atoms with E-state index in [1.165, 1.54) is 0 Å². The van der Waals surface area contributed by atoms with Crippen molar-refractivity contribution in [3.05, 3.63) is 0 Å². The Morgan fingerprint density at radius 1 is 1.38 bits per heavy atom. The lowest BCUT2D eigenvalue weighted by Crippen LogP contribution is -2.48. The highest BCUT2D eigenvalue weighted by Crippen LogP contribution is 2.32. The SMILES string of the molecule is C[C@H]1CN(C(=O)C2CC2)CC[C@@H]1N. The van der Waals surface area contributed by atoms with Gasteiger partial charge in [-0.05, 0) is 25.2 Å². The van der Waals surface area contributed by atoms with Crippen molar-refractivity contribution in [3.63, 3.8) is 0 Å². The van der Waals surface area contributed by atoms with Crippen molar-refractivity contribution in [3.8, 4) is 0 Å². The number of carbonyl (C=O) groups excluding carboxylic acids is 1. The molecule has 13 heavy (non-hydrogen) atoms. The molecule has 0 radical (unpaired) electrons. The van der Waals surface area contributed by atoms with E-state index < -0.39 is 0 Å². The lowest BCUT2D eigenvalue weighted by Gasteiger charge is -2.35. The van der Waals surface area contributed by atoms with Gasteiger partial charge in [-0.25, -0.2) is 0 Å². The first kappa shape index (κ1) is 9.00. The molecular formula is C10H18N2O. The largest absolute Gasteiger partial charge is 0.342 e. The van der Waals surface area contributed by atoms with Crippen LogP contribution in [0.4, 0.5) is 0 Å². The van der Waals surface area contributed by atoms with Gasteiger partial charge in [-0.1, -0.05) is 6.92 Å². The van der Waals surface area contributed by atoms with Crippen LogP contribution in [0.25, 0.3) is 0 Å². The molecule has 0 aromatic heterocycles. The molecule has 2 rings (SSSR count). The summed E-state index contributed by atoms with van der Waals surface area (Å²) in [6.45, 7) is 3.88. The predicted octanol–water partition coefficient (Wildman–Crippen LogP) is 0.592. The Kier molecular flexibility index (Phi) is 2.28. The summed E-state index contributed by atoms with van der Waals surface area (Å²) < 4.78 is 0. The Labute approximate surface area is 79.3 Å². The molecule has 1 heterocycles. The summed E-state index contributed by atoms with van der Waals surface area (Å²) in [5.74, 6) is 1.21. The number of nitrogens with two attached hydrogens (primary N) is 1. The Morgan fingerprint density at radius 2 is 2.08 bits per heavy atom. The molecule has 1 amide bonds. The summed E-state index contributed by atoms with van der Waals surface area (Å²) >= 11 is 0. The Morgan fingerprint density at radius 3 is 2.62 bits per heavy atom. The molecule has 1 aliphatic carbocycles. The van der Waals surface area contributed by atoms with E-state index >= 15 is 0 Å². The van der Waals surface area contributed by atoms with Crippen LogP contribution in [0.15, 0.2) is 0 Å². The van der Waals surface area contributed by atoms with E-state index in [0.717, 1.165) is 32.4 Å². The van der Waals surface area contributed by atoms with Gasteiger partial charge in [0.05, 0.1) is 0 Å². The molecule has 0 spiro atoms. The lowest BCUT2D eigenvalue weighted by atomic mass is 9.94. The average Bonchev–Trinajstić information content (AvgIpc) is 2.91. The molecule has 74 valence electrons. The molecule has 0 aromatic rings. The molecule has 3 nitrogen and oxygen atoms in total. The van der Waals surface area contributed by atoms with E-state index in [1.54, 1.807) is 0 Å². The minimum absolute atomic E-state index is 0.295. The summed E-state index contributed by atoms with van der Waals surface area (Å²) in [5.41, 5.74) is 5.89. The second kappa shape index (κ2) is 3.29. The van der Waals surface area contributed by atoms with E-state index in [4.69, 9.17) is 5.73 Å². The van der Waals surface area contributed by atoms with Crippen molar-refractivity contribution in [2.45, 2.75) is 32.2 Å². The summed E-state index contributed by atoms with van der Waals surface area (Å²) in [6.07, 6.45) is 3.19. The third kappa shape index (κ3) is 1.85. The minimum Gasteiger partial charge on any atom is -0.342 e. The number of piperidine rings is 1. The molecule has 2 atom stereocenters. The highest BCUT2D eigenvalue weighted by atomic mass is 16.2. The zero-order valence-electron chi connectivity index (χ0n) is 8.20. The van der Waals surface area contributed by atoms with Gasteiger partial charge < -0.3 is 10.6 Å². The van der Waals surface area contributed by atoms with Crippen LogP contribution in [0.5, 0.6) is 0 Å². The van der Waals surface area contributed by atoms with Crippen LogP contribution in [0.2, 0.25) is 0 Å². The number of carbonyl (C=O) groups is 1. The summed E-state index contributed by atoms with van der Waals surface area (Å²) in [7, 11) is 0. The van der Waals surface area contributed by atoms with Crippen LogP contribution in [0.1, 0.15) is 26.2 Å². The molecule has 0 unspecified atom stereocenters. The molecule has 1 saturated heterocycles. The maximum Gasteiger partial charge on any atom is 0.225 e. The second-order valence-electron chi connectivity index (χ2n) is 4.49. The highest BCUT2D eigenvalue weighted by Gasteiger charge is 2.35. The summed E-state index contributed by atoms with van der Waals surface area (Å²) in [5, 5.41) is 0. The fraction of sp³-hybridized carbons (Fsp3) is 0.900. The number of amides is 1. The first-order valence-electron chi connectivity index (χ1n) is 5.23. The standard InChI is InChI=1S/C10H18N2O/c1-7-6-12(5-4-9(7)11)10(13)8-2-3-8/h7-9H,2-6,11H2,1H3/t7-,9-/m0/s1. The fourth-order valence-corrected chi connectivity index (χ4v) is 1.95. The van der Waals surface area contributed by atoms with Gasteiger partial charge in [0.15, 0.2) is 0 Å². The smallest absolute Gasteiger partial charge is 0.225 e. The number of hydrogen-bond acceptors (Lipinski definition) is 2. The van der Waals surface area contributed by atoms with Gasteiger partial charge in [0.1, 0.15) is 0 Å². The highest BCUT2D eigenvalue weighted by molar-refractivity contribution is 5.81. The van der Waals surface area contributed by atoms with Crippen molar-refractivity contribution >= 4 is 5.91 Å². The average molecular weight is 182 g/mol. The maximum absolute atomic E-state index is 11.7. The number of hydrogen-bond donors (Lipinski definition) is 1. The number of likely N-dealkylation sites (tertiary alicyclic amines) is 1. The number of rotatable bonds is 1. The maximum atomic E-state index is 11.7. The monoisotopic (exact) mass is 182 g/mol. The van der Waals surface area contributed by atoms with Crippen LogP contribution in [-0.2, 0) is 4.79 Å². The van der Waals surface area contributed by atoms with Gasteiger partial charge in [0.2, 0.25) is 5.91 Å². The quantitative estimate of drug-likeness (QED) is 0.645.